The maximum absolute atomic E-state index is 12.1. The maximum Gasteiger partial charge on any atom is 0.387 e. The number of anilines is 1. The van der Waals surface area contributed by atoms with E-state index in [-0.39, 0.29) is 18.2 Å². The molecule has 0 saturated carbocycles. The largest absolute Gasteiger partial charge is 0.496 e. The van der Waals surface area contributed by atoms with E-state index < -0.39 is 6.61 Å². The first-order valence-corrected chi connectivity index (χ1v) is 7.63. The number of halogens is 2. The quantitative estimate of drug-likeness (QED) is 0.793. The Morgan fingerprint density at radius 3 is 2.48 bits per heavy atom. The maximum atomic E-state index is 12.1. The third-order valence-corrected chi connectivity index (χ3v) is 3.41. The van der Waals surface area contributed by atoms with Gasteiger partial charge in [-0.2, -0.15) is 8.78 Å². The number of para-hydroxylation sites is 1. The minimum atomic E-state index is -2.87. The highest BCUT2D eigenvalue weighted by molar-refractivity contribution is 5.92. The van der Waals surface area contributed by atoms with Gasteiger partial charge in [0.05, 0.1) is 13.7 Å². The van der Waals surface area contributed by atoms with Crippen LogP contribution < -0.4 is 14.8 Å². The van der Waals surface area contributed by atoms with E-state index >= 15 is 0 Å². The number of methoxy groups -OCH3 is 1. The molecule has 2 rings (SSSR count). The summed E-state index contributed by atoms with van der Waals surface area (Å²) in [6.45, 7) is -2.14. The Kier molecular flexibility index (Phi) is 6.71. The lowest BCUT2D eigenvalue weighted by Gasteiger charge is -2.18. The Labute approximate surface area is 145 Å². The van der Waals surface area contributed by atoms with Crippen molar-refractivity contribution in [2.24, 2.45) is 0 Å². The number of nitrogens with one attached hydrogen (secondary N) is 1. The van der Waals surface area contributed by atoms with Gasteiger partial charge in [-0.3, -0.25) is 9.69 Å². The number of carbonyl (C=O) groups excluding carboxylic acids is 1. The summed E-state index contributed by atoms with van der Waals surface area (Å²) in [5.41, 5.74) is 1.49. The van der Waals surface area contributed by atoms with Gasteiger partial charge in [-0.05, 0) is 37.4 Å². The van der Waals surface area contributed by atoms with Crippen LogP contribution in [0.25, 0.3) is 0 Å². The van der Waals surface area contributed by atoms with Crippen LogP contribution in [0, 0.1) is 0 Å². The highest BCUT2D eigenvalue weighted by atomic mass is 19.3. The lowest BCUT2D eigenvalue weighted by Crippen LogP contribution is -2.29. The molecule has 0 radical (unpaired) electrons. The van der Waals surface area contributed by atoms with Gasteiger partial charge in [0.2, 0.25) is 5.91 Å². The fraction of sp³-hybridized carbons (Fsp3) is 0.278. The van der Waals surface area contributed by atoms with Crippen molar-refractivity contribution in [3.63, 3.8) is 0 Å². The Balaban J connectivity index is 1.87. The molecule has 0 bridgehead atoms. The molecule has 0 aliphatic heterocycles. The van der Waals surface area contributed by atoms with Gasteiger partial charge in [0.25, 0.3) is 0 Å². The van der Waals surface area contributed by atoms with Gasteiger partial charge in [-0.15, -0.1) is 0 Å². The van der Waals surface area contributed by atoms with E-state index in [9.17, 15) is 13.6 Å². The first kappa shape index (κ1) is 18.7. The smallest absolute Gasteiger partial charge is 0.387 e. The second-order valence-corrected chi connectivity index (χ2v) is 5.44. The van der Waals surface area contributed by atoms with Crippen LogP contribution in [0.5, 0.6) is 11.5 Å². The number of benzene rings is 2. The normalized spacial score (nSPS) is 10.8. The molecular formula is C18H20F2N2O3. The molecule has 0 fully saturated rings. The van der Waals surface area contributed by atoms with Crippen molar-refractivity contribution in [1.29, 1.82) is 0 Å². The molecule has 0 unspecified atom stereocenters. The first-order chi connectivity index (χ1) is 12.0. The summed E-state index contributed by atoms with van der Waals surface area (Å²) < 4.78 is 33.8. The number of nitrogens with zero attached hydrogens (tertiary/aromatic N) is 1. The molecule has 134 valence electrons. The molecule has 7 heteroatoms. The minimum absolute atomic E-state index is 0.0429. The topological polar surface area (TPSA) is 50.8 Å². The molecule has 1 amide bonds. The highest BCUT2D eigenvalue weighted by Gasteiger charge is 2.10. The zero-order chi connectivity index (χ0) is 18.2. The molecular weight excluding hydrogens is 330 g/mol. The van der Waals surface area contributed by atoms with Crippen LogP contribution in [-0.2, 0) is 11.3 Å². The Morgan fingerprint density at radius 2 is 1.84 bits per heavy atom. The SMILES string of the molecule is COc1ccccc1CN(C)CC(=O)Nc1ccc(OC(F)F)cc1. The standard InChI is InChI=1S/C18H20F2N2O3/c1-22(11-13-5-3-4-6-16(13)24-2)12-17(23)21-14-7-9-15(10-8-14)25-18(19)20/h3-10,18H,11-12H2,1-2H3,(H,21,23). The van der Waals surface area contributed by atoms with Gasteiger partial charge in [0, 0.05) is 17.8 Å². The molecule has 0 aromatic heterocycles. The molecule has 0 atom stereocenters. The Bertz CT molecular complexity index is 693. The predicted molar refractivity (Wildman–Crippen MR) is 91.0 cm³/mol. The molecule has 5 nitrogen and oxygen atoms in total. The van der Waals surface area contributed by atoms with Gasteiger partial charge < -0.3 is 14.8 Å². The number of ether oxygens (including phenoxy) is 2. The summed E-state index contributed by atoms with van der Waals surface area (Å²) in [5.74, 6) is 0.602. The average Bonchev–Trinajstić information content (AvgIpc) is 2.56. The first-order valence-electron chi connectivity index (χ1n) is 7.63. The van der Waals surface area contributed by atoms with Crippen molar-refractivity contribution in [2.75, 3.05) is 26.0 Å². The number of alkyl halides is 2. The van der Waals surface area contributed by atoms with Gasteiger partial charge in [0.1, 0.15) is 11.5 Å². The summed E-state index contributed by atoms with van der Waals surface area (Å²) in [6, 6.07) is 13.4. The van der Waals surface area contributed by atoms with Crippen molar-refractivity contribution in [3.8, 4) is 11.5 Å². The van der Waals surface area contributed by atoms with Crippen LogP contribution in [0.2, 0.25) is 0 Å². The molecule has 0 aliphatic carbocycles. The van der Waals surface area contributed by atoms with Gasteiger partial charge in [0.15, 0.2) is 0 Å². The van der Waals surface area contributed by atoms with Crippen LogP contribution in [0.15, 0.2) is 48.5 Å². The summed E-state index contributed by atoms with van der Waals surface area (Å²) in [7, 11) is 3.43. The molecule has 0 saturated heterocycles. The molecule has 1 N–H and O–H groups in total. The van der Waals surface area contributed by atoms with E-state index in [1.807, 2.05) is 36.2 Å². The van der Waals surface area contributed by atoms with E-state index in [1.54, 1.807) is 7.11 Å². The van der Waals surface area contributed by atoms with Crippen molar-refractivity contribution < 1.29 is 23.0 Å². The third-order valence-electron chi connectivity index (χ3n) is 3.41. The van der Waals surface area contributed by atoms with E-state index in [1.165, 1.54) is 24.3 Å². The fourth-order valence-electron chi connectivity index (χ4n) is 2.35. The second-order valence-electron chi connectivity index (χ2n) is 5.44. The van der Waals surface area contributed by atoms with E-state index in [4.69, 9.17) is 4.74 Å². The van der Waals surface area contributed by atoms with Crippen molar-refractivity contribution >= 4 is 11.6 Å². The predicted octanol–water partition coefficient (Wildman–Crippen LogP) is 3.37. The summed E-state index contributed by atoms with van der Waals surface area (Å²) >= 11 is 0. The Hall–Kier alpha value is -2.67. The zero-order valence-corrected chi connectivity index (χ0v) is 14.0. The number of amides is 1. The average molecular weight is 350 g/mol. The van der Waals surface area contributed by atoms with Crippen LogP contribution in [0.4, 0.5) is 14.5 Å². The molecule has 2 aromatic carbocycles. The monoisotopic (exact) mass is 350 g/mol. The number of likely N-dealkylation sites (N-methyl/N-ethyl adjacent to an activating group) is 1. The van der Waals surface area contributed by atoms with Gasteiger partial charge in [-0.1, -0.05) is 18.2 Å². The van der Waals surface area contributed by atoms with Crippen LogP contribution in [0.1, 0.15) is 5.56 Å². The second kappa shape index (κ2) is 8.98. The zero-order valence-electron chi connectivity index (χ0n) is 14.0. The number of hydrogen-bond donors (Lipinski definition) is 1. The molecule has 0 heterocycles. The van der Waals surface area contributed by atoms with E-state index in [0.717, 1.165) is 11.3 Å². The lowest BCUT2D eigenvalue weighted by molar-refractivity contribution is -0.117. The van der Waals surface area contributed by atoms with E-state index in [0.29, 0.717) is 12.2 Å². The molecule has 0 spiro atoms. The van der Waals surface area contributed by atoms with Gasteiger partial charge >= 0.3 is 6.61 Å². The minimum Gasteiger partial charge on any atom is -0.496 e. The summed E-state index contributed by atoms with van der Waals surface area (Å²) in [4.78, 5) is 13.9. The van der Waals surface area contributed by atoms with Crippen molar-refractivity contribution in [2.45, 2.75) is 13.2 Å². The van der Waals surface area contributed by atoms with E-state index in [2.05, 4.69) is 10.1 Å². The number of carbonyl (C=O) groups is 1. The third kappa shape index (κ3) is 6.04. The van der Waals surface area contributed by atoms with Crippen molar-refractivity contribution in [1.82, 2.24) is 4.90 Å². The number of hydrogen-bond acceptors (Lipinski definition) is 4. The van der Waals surface area contributed by atoms with Gasteiger partial charge in [-0.25, -0.2) is 0 Å². The summed E-state index contributed by atoms with van der Waals surface area (Å²) in [5, 5.41) is 2.71. The van der Waals surface area contributed by atoms with Crippen LogP contribution in [-0.4, -0.2) is 38.1 Å². The molecule has 2 aromatic rings. The Morgan fingerprint density at radius 1 is 1.16 bits per heavy atom. The molecule has 25 heavy (non-hydrogen) atoms. The van der Waals surface area contributed by atoms with Crippen molar-refractivity contribution in [3.05, 3.63) is 54.1 Å². The summed E-state index contributed by atoms with van der Waals surface area (Å²) in [6.07, 6.45) is 0. The molecule has 0 aliphatic rings. The fourth-order valence-corrected chi connectivity index (χ4v) is 2.35. The lowest BCUT2D eigenvalue weighted by atomic mass is 10.2. The van der Waals surface area contributed by atoms with Crippen LogP contribution >= 0.6 is 0 Å². The van der Waals surface area contributed by atoms with Crippen LogP contribution in [0.3, 0.4) is 0 Å². The number of rotatable bonds is 8. The highest BCUT2D eigenvalue weighted by Crippen LogP contribution is 2.19.